The van der Waals surface area contributed by atoms with E-state index in [-0.39, 0.29) is 24.1 Å². The average Bonchev–Trinajstić information content (AvgIpc) is 3.61. The Labute approximate surface area is 235 Å². The fourth-order valence-electron chi connectivity index (χ4n) is 4.65. The quantitative estimate of drug-likeness (QED) is 0.285. The second kappa shape index (κ2) is 12.1. The molecule has 0 radical (unpaired) electrons. The van der Waals surface area contributed by atoms with E-state index in [4.69, 9.17) is 21.1 Å². The van der Waals surface area contributed by atoms with Gasteiger partial charge in [0.1, 0.15) is 29.2 Å². The third-order valence-corrected chi connectivity index (χ3v) is 7.29. The maximum Gasteiger partial charge on any atom is 0.349 e. The van der Waals surface area contributed by atoms with Gasteiger partial charge in [-0.05, 0) is 92.9 Å². The van der Waals surface area contributed by atoms with Crippen LogP contribution in [0.1, 0.15) is 42.9 Å². The van der Waals surface area contributed by atoms with Gasteiger partial charge in [-0.15, -0.1) is 0 Å². The molecule has 1 saturated heterocycles. The van der Waals surface area contributed by atoms with E-state index < -0.39 is 35.4 Å². The second-order valence-electron chi connectivity index (χ2n) is 10.2. The Morgan fingerprint density at radius 1 is 1.05 bits per heavy atom. The summed E-state index contributed by atoms with van der Waals surface area (Å²) in [5.74, 6) is -5.12. The first-order valence-corrected chi connectivity index (χ1v) is 13.7. The molecule has 2 aliphatic rings. The average molecular weight is 575 g/mol. The second-order valence-corrected chi connectivity index (χ2v) is 10.6. The third-order valence-electron chi connectivity index (χ3n) is 7.00. The van der Waals surface area contributed by atoms with Crippen molar-refractivity contribution in [3.05, 3.63) is 88.7 Å². The Bertz CT molecular complexity index is 1330. The van der Waals surface area contributed by atoms with Crippen molar-refractivity contribution in [2.24, 2.45) is 0 Å². The lowest BCUT2D eigenvalue weighted by molar-refractivity contribution is -0.149. The highest BCUT2D eigenvalue weighted by Gasteiger charge is 2.43. The molecule has 0 aromatic heterocycles. The van der Waals surface area contributed by atoms with E-state index in [9.17, 15) is 14.3 Å². The molecule has 1 aliphatic carbocycles. The molecule has 6 nitrogen and oxygen atoms in total. The summed E-state index contributed by atoms with van der Waals surface area (Å²) in [5.41, 5.74) is -0.195. The molecule has 1 amide bonds. The summed E-state index contributed by atoms with van der Waals surface area (Å²) in [6, 6.07) is 13.9. The van der Waals surface area contributed by atoms with Crippen LogP contribution in [0.3, 0.4) is 0 Å². The fourth-order valence-corrected chi connectivity index (χ4v) is 4.88. The first kappa shape index (κ1) is 28.3. The summed E-state index contributed by atoms with van der Waals surface area (Å²) >= 11 is 6.37. The van der Waals surface area contributed by atoms with Crippen LogP contribution in [0.5, 0.6) is 17.2 Å². The summed E-state index contributed by atoms with van der Waals surface area (Å²) in [6.45, 7) is 1.68. The van der Waals surface area contributed by atoms with Crippen molar-refractivity contribution in [3.8, 4) is 17.2 Å². The first-order chi connectivity index (χ1) is 19.2. The van der Waals surface area contributed by atoms with Crippen LogP contribution in [0.25, 0.3) is 0 Å². The number of nitrogens with zero attached hydrogens (tertiary/aromatic N) is 1. The molecule has 0 bridgehead atoms. The number of carbonyl (C=O) groups is 1. The number of benzene rings is 3. The summed E-state index contributed by atoms with van der Waals surface area (Å²) in [7, 11) is 0. The van der Waals surface area contributed by atoms with E-state index in [1.807, 2.05) is 4.90 Å². The van der Waals surface area contributed by atoms with Crippen LogP contribution >= 0.6 is 11.6 Å². The van der Waals surface area contributed by atoms with E-state index in [1.54, 1.807) is 18.2 Å². The zero-order valence-electron chi connectivity index (χ0n) is 21.7. The number of hydrogen-bond acceptors (Lipinski definition) is 5. The van der Waals surface area contributed by atoms with E-state index in [0.29, 0.717) is 16.3 Å². The van der Waals surface area contributed by atoms with Gasteiger partial charge < -0.3 is 24.8 Å². The van der Waals surface area contributed by atoms with E-state index >= 15 is 8.78 Å². The summed E-state index contributed by atoms with van der Waals surface area (Å²) in [5, 5.41) is 13.9. The Morgan fingerprint density at radius 3 is 2.45 bits per heavy atom. The van der Waals surface area contributed by atoms with Crippen LogP contribution in [-0.4, -0.2) is 47.7 Å². The lowest BCUT2D eigenvalue weighted by Gasteiger charge is -2.30. The smallest absolute Gasteiger partial charge is 0.349 e. The SMILES string of the molecule is O=C(NC(CN1CCCC1)C(O)c1ccc(OC2CC2)c(Cl)c1)C(F)(F)c1cccc(Oc2ccc(F)cc2)c1. The molecule has 40 heavy (non-hydrogen) atoms. The van der Waals surface area contributed by atoms with Crippen molar-refractivity contribution in [2.45, 2.75) is 49.9 Å². The highest BCUT2D eigenvalue weighted by Crippen LogP contribution is 2.36. The Balaban J connectivity index is 1.33. The molecule has 0 spiro atoms. The summed E-state index contributed by atoms with van der Waals surface area (Å²) in [6.07, 6.45) is 2.66. The molecule has 3 aromatic rings. The van der Waals surface area contributed by atoms with Crippen molar-refractivity contribution in [2.75, 3.05) is 19.6 Å². The number of carbonyl (C=O) groups excluding carboxylic acids is 1. The molecule has 2 unspecified atom stereocenters. The van der Waals surface area contributed by atoms with Crippen LogP contribution < -0.4 is 14.8 Å². The number of nitrogens with one attached hydrogen (secondary N) is 1. The highest BCUT2D eigenvalue weighted by atomic mass is 35.5. The molecular weight excluding hydrogens is 545 g/mol. The van der Waals surface area contributed by atoms with Crippen molar-refractivity contribution in [1.82, 2.24) is 10.2 Å². The van der Waals surface area contributed by atoms with Gasteiger partial charge in [0.15, 0.2) is 0 Å². The van der Waals surface area contributed by atoms with Crippen LogP contribution in [0.2, 0.25) is 5.02 Å². The van der Waals surface area contributed by atoms with Gasteiger partial charge in [0.25, 0.3) is 5.91 Å². The number of likely N-dealkylation sites (tertiary alicyclic amines) is 1. The van der Waals surface area contributed by atoms with Gasteiger partial charge in [-0.1, -0.05) is 29.8 Å². The number of ether oxygens (including phenoxy) is 2. The number of alkyl halides is 2. The van der Waals surface area contributed by atoms with Crippen LogP contribution in [0.4, 0.5) is 13.2 Å². The third kappa shape index (κ3) is 6.89. The topological polar surface area (TPSA) is 71.0 Å². The normalized spacial score (nSPS) is 17.3. The number of rotatable bonds is 11. The Morgan fingerprint density at radius 2 is 1.77 bits per heavy atom. The van der Waals surface area contributed by atoms with Crippen LogP contribution in [0, 0.1) is 5.82 Å². The summed E-state index contributed by atoms with van der Waals surface area (Å²) < 4.78 is 55.4. The number of hydrogen-bond donors (Lipinski definition) is 2. The standard InChI is InChI=1S/C30H30ClF3N2O4/c31-25-16-19(6-13-27(25)40-23-11-12-23)28(37)26(18-36-14-1-2-15-36)35-29(38)30(33,34)20-4-3-5-24(17-20)39-22-9-7-21(32)8-10-22/h3-10,13,16-17,23,26,28,37H,1-2,11-12,14-15,18H2,(H,35,38). The molecular formula is C30H30ClF3N2O4. The molecule has 2 fully saturated rings. The molecule has 1 aliphatic heterocycles. The molecule has 1 heterocycles. The van der Waals surface area contributed by atoms with Gasteiger partial charge in [-0.2, -0.15) is 8.78 Å². The number of halogens is 4. The molecule has 10 heteroatoms. The Kier molecular flexibility index (Phi) is 8.54. The van der Waals surface area contributed by atoms with Crippen LogP contribution in [0.15, 0.2) is 66.7 Å². The predicted molar refractivity (Wildman–Crippen MR) is 144 cm³/mol. The lowest BCUT2D eigenvalue weighted by Crippen LogP contribution is -2.50. The van der Waals surface area contributed by atoms with Crippen molar-refractivity contribution in [1.29, 1.82) is 0 Å². The minimum atomic E-state index is -3.93. The summed E-state index contributed by atoms with van der Waals surface area (Å²) in [4.78, 5) is 15.0. The molecule has 212 valence electrons. The van der Waals surface area contributed by atoms with Gasteiger partial charge >= 0.3 is 5.92 Å². The van der Waals surface area contributed by atoms with Crippen molar-refractivity contribution in [3.63, 3.8) is 0 Å². The zero-order valence-corrected chi connectivity index (χ0v) is 22.4. The maximum absolute atomic E-state index is 15.5. The number of aliphatic hydroxyl groups excluding tert-OH is 1. The van der Waals surface area contributed by atoms with E-state index in [0.717, 1.165) is 50.9 Å². The van der Waals surface area contributed by atoms with Gasteiger partial charge in [-0.25, -0.2) is 4.39 Å². The molecule has 3 aromatic carbocycles. The number of aliphatic hydroxyl groups is 1. The predicted octanol–water partition coefficient (Wildman–Crippen LogP) is 6.22. The van der Waals surface area contributed by atoms with E-state index in [1.165, 1.54) is 36.4 Å². The van der Waals surface area contributed by atoms with E-state index in [2.05, 4.69) is 5.32 Å². The largest absolute Gasteiger partial charge is 0.489 e. The minimum Gasteiger partial charge on any atom is -0.489 e. The minimum absolute atomic E-state index is 0.0633. The zero-order chi connectivity index (χ0) is 28.3. The lowest BCUT2D eigenvalue weighted by atomic mass is 10.00. The molecule has 2 atom stereocenters. The van der Waals surface area contributed by atoms with Gasteiger partial charge in [0.2, 0.25) is 0 Å². The van der Waals surface area contributed by atoms with Crippen molar-refractivity contribution < 1.29 is 32.5 Å². The number of amides is 1. The molecule has 1 saturated carbocycles. The molecule has 2 N–H and O–H groups in total. The van der Waals surface area contributed by atoms with Gasteiger partial charge in [-0.3, -0.25) is 4.79 Å². The van der Waals surface area contributed by atoms with Gasteiger partial charge in [0, 0.05) is 12.1 Å². The Hall–Kier alpha value is -3.27. The first-order valence-electron chi connectivity index (χ1n) is 13.3. The van der Waals surface area contributed by atoms with Gasteiger partial charge in [0.05, 0.1) is 17.2 Å². The fraction of sp³-hybridized carbons (Fsp3) is 0.367. The monoisotopic (exact) mass is 574 g/mol. The molecule has 5 rings (SSSR count). The highest BCUT2D eigenvalue weighted by molar-refractivity contribution is 6.32. The van der Waals surface area contributed by atoms with Crippen LogP contribution in [-0.2, 0) is 10.7 Å². The van der Waals surface area contributed by atoms with Crippen molar-refractivity contribution >= 4 is 17.5 Å². The maximum atomic E-state index is 15.5.